The Morgan fingerprint density at radius 2 is 1.92 bits per heavy atom. The molecule has 0 aliphatic rings. The SMILES string of the molecule is Cn1c(-c2ccc(Cl)cc2)nc2c(=O)[nH]c(SCCC(F)(F)F)nc21. The first-order chi connectivity index (χ1) is 11.7. The minimum atomic E-state index is -4.24. The number of fused-ring (bicyclic) bond motifs is 1. The molecule has 3 rings (SSSR count). The van der Waals surface area contributed by atoms with Gasteiger partial charge in [-0.1, -0.05) is 23.4 Å². The van der Waals surface area contributed by atoms with Crippen molar-refractivity contribution in [2.45, 2.75) is 17.8 Å². The molecule has 2 heterocycles. The van der Waals surface area contributed by atoms with E-state index in [1.54, 1.807) is 35.9 Å². The summed E-state index contributed by atoms with van der Waals surface area (Å²) >= 11 is 6.71. The number of aromatic amines is 1. The van der Waals surface area contributed by atoms with Crippen LogP contribution >= 0.6 is 23.4 Å². The number of rotatable bonds is 4. The monoisotopic (exact) mass is 388 g/mol. The molecule has 0 bridgehead atoms. The average Bonchev–Trinajstić information content (AvgIpc) is 2.85. The Labute approximate surface area is 149 Å². The van der Waals surface area contributed by atoms with Crippen molar-refractivity contribution in [2.24, 2.45) is 7.05 Å². The first kappa shape index (κ1) is 17.8. The highest BCUT2D eigenvalue weighted by atomic mass is 35.5. The zero-order chi connectivity index (χ0) is 18.2. The Bertz CT molecular complexity index is 966. The second-order valence-electron chi connectivity index (χ2n) is 5.26. The second-order valence-corrected chi connectivity index (χ2v) is 6.78. The third kappa shape index (κ3) is 3.98. The Morgan fingerprint density at radius 1 is 1.24 bits per heavy atom. The molecule has 132 valence electrons. The van der Waals surface area contributed by atoms with E-state index in [1.807, 2.05) is 0 Å². The fourth-order valence-corrected chi connectivity index (χ4v) is 3.21. The second kappa shape index (κ2) is 6.72. The van der Waals surface area contributed by atoms with Crippen molar-refractivity contribution in [1.29, 1.82) is 0 Å². The van der Waals surface area contributed by atoms with Gasteiger partial charge in [-0.25, -0.2) is 9.97 Å². The number of alkyl halides is 3. The molecule has 10 heteroatoms. The van der Waals surface area contributed by atoms with Crippen LogP contribution in [0.3, 0.4) is 0 Å². The highest BCUT2D eigenvalue weighted by Crippen LogP contribution is 2.26. The molecule has 0 spiro atoms. The van der Waals surface area contributed by atoms with E-state index in [2.05, 4.69) is 15.0 Å². The summed E-state index contributed by atoms with van der Waals surface area (Å²) in [4.78, 5) is 23.2. The lowest BCUT2D eigenvalue weighted by atomic mass is 10.2. The van der Waals surface area contributed by atoms with Gasteiger partial charge in [-0.05, 0) is 24.3 Å². The maximum absolute atomic E-state index is 12.2. The number of aryl methyl sites for hydroxylation is 1. The highest BCUT2D eigenvalue weighted by molar-refractivity contribution is 7.99. The van der Waals surface area contributed by atoms with Gasteiger partial charge in [0, 0.05) is 23.4 Å². The fraction of sp³-hybridized carbons (Fsp3) is 0.267. The van der Waals surface area contributed by atoms with Crippen LogP contribution in [0.5, 0.6) is 0 Å². The molecular weight excluding hydrogens is 377 g/mol. The van der Waals surface area contributed by atoms with Gasteiger partial charge >= 0.3 is 6.18 Å². The number of hydrogen-bond acceptors (Lipinski definition) is 4. The zero-order valence-corrected chi connectivity index (χ0v) is 14.5. The van der Waals surface area contributed by atoms with Crippen molar-refractivity contribution >= 4 is 34.5 Å². The van der Waals surface area contributed by atoms with Gasteiger partial charge in [0.2, 0.25) is 0 Å². The fourth-order valence-electron chi connectivity index (χ4n) is 2.24. The number of aromatic nitrogens is 4. The average molecular weight is 389 g/mol. The summed E-state index contributed by atoms with van der Waals surface area (Å²) < 4.78 is 38.4. The van der Waals surface area contributed by atoms with E-state index in [4.69, 9.17) is 11.6 Å². The van der Waals surface area contributed by atoms with E-state index >= 15 is 0 Å². The molecule has 2 aromatic heterocycles. The van der Waals surface area contributed by atoms with Gasteiger partial charge in [0.05, 0.1) is 6.42 Å². The topological polar surface area (TPSA) is 63.6 Å². The zero-order valence-electron chi connectivity index (χ0n) is 12.9. The summed E-state index contributed by atoms with van der Waals surface area (Å²) in [6.07, 6.45) is -5.20. The quantitative estimate of drug-likeness (QED) is 0.541. The van der Waals surface area contributed by atoms with Crippen LogP contribution in [0.15, 0.2) is 34.2 Å². The van der Waals surface area contributed by atoms with E-state index in [0.29, 0.717) is 16.5 Å². The molecule has 5 nitrogen and oxygen atoms in total. The number of nitrogens with zero attached hydrogens (tertiary/aromatic N) is 3. The lowest BCUT2D eigenvalue weighted by Crippen LogP contribution is -2.11. The van der Waals surface area contributed by atoms with Crippen molar-refractivity contribution in [3.05, 3.63) is 39.6 Å². The summed E-state index contributed by atoms with van der Waals surface area (Å²) in [5, 5.41) is 0.703. The largest absolute Gasteiger partial charge is 0.389 e. The summed E-state index contributed by atoms with van der Waals surface area (Å²) in [6, 6.07) is 6.92. The normalized spacial score (nSPS) is 12.0. The number of thioether (sulfide) groups is 1. The van der Waals surface area contributed by atoms with Gasteiger partial charge in [-0.2, -0.15) is 13.2 Å². The highest BCUT2D eigenvalue weighted by Gasteiger charge is 2.26. The molecule has 0 aliphatic heterocycles. The molecule has 0 atom stereocenters. The molecule has 0 radical (unpaired) electrons. The first-order valence-electron chi connectivity index (χ1n) is 7.17. The van der Waals surface area contributed by atoms with Crippen molar-refractivity contribution < 1.29 is 13.2 Å². The maximum Gasteiger partial charge on any atom is 0.389 e. The van der Waals surface area contributed by atoms with E-state index in [-0.39, 0.29) is 16.4 Å². The molecular formula is C15H12ClF3N4OS. The number of benzene rings is 1. The van der Waals surface area contributed by atoms with Crippen LogP contribution in [0.25, 0.3) is 22.6 Å². The van der Waals surface area contributed by atoms with Crippen molar-refractivity contribution in [1.82, 2.24) is 19.5 Å². The molecule has 0 saturated heterocycles. The van der Waals surface area contributed by atoms with Crippen molar-refractivity contribution in [2.75, 3.05) is 5.75 Å². The Kier molecular flexibility index (Phi) is 4.79. The number of halogens is 4. The predicted octanol–water partition coefficient (Wildman–Crippen LogP) is 4.02. The molecule has 0 aliphatic carbocycles. The summed E-state index contributed by atoms with van der Waals surface area (Å²) in [5.74, 6) is 0.293. The van der Waals surface area contributed by atoms with Crippen LogP contribution in [-0.4, -0.2) is 31.4 Å². The summed E-state index contributed by atoms with van der Waals surface area (Å²) in [6.45, 7) is 0. The van der Waals surface area contributed by atoms with Gasteiger partial charge in [0.25, 0.3) is 5.56 Å². The van der Waals surface area contributed by atoms with Gasteiger partial charge in [0.1, 0.15) is 5.82 Å². The van der Waals surface area contributed by atoms with Crippen molar-refractivity contribution in [3.8, 4) is 11.4 Å². The van der Waals surface area contributed by atoms with Crippen molar-refractivity contribution in [3.63, 3.8) is 0 Å². The molecule has 25 heavy (non-hydrogen) atoms. The maximum atomic E-state index is 12.2. The first-order valence-corrected chi connectivity index (χ1v) is 8.53. The van der Waals surface area contributed by atoms with Gasteiger partial charge in [-0.3, -0.25) is 9.78 Å². The third-order valence-corrected chi connectivity index (χ3v) is 4.56. The van der Waals surface area contributed by atoms with E-state index in [9.17, 15) is 18.0 Å². The molecule has 1 N–H and O–H groups in total. The Hall–Kier alpha value is -2.00. The van der Waals surface area contributed by atoms with Gasteiger partial charge < -0.3 is 4.57 Å². The molecule has 1 aromatic carbocycles. The smallest absolute Gasteiger partial charge is 0.312 e. The van der Waals surface area contributed by atoms with Crippen LogP contribution in [0.2, 0.25) is 5.02 Å². The summed E-state index contributed by atoms with van der Waals surface area (Å²) in [5.41, 5.74) is 0.696. The van der Waals surface area contributed by atoms with E-state index in [0.717, 1.165) is 17.3 Å². The molecule has 3 aromatic rings. The van der Waals surface area contributed by atoms with Crippen LogP contribution in [-0.2, 0) is 7.05 Å². The molecule has 0 amide bonds. The van der Waals surface area contributed by atoms with Gasteiger partial charge in [0.15, 0.2) is 16.3 Å². The van der Waals surface area contributed by atoms with E-state index < -0.39 is 18.2 Å². The lowest BCUT2D eigenvalue weighted by molar-refractivity contribution is -0.129. The van der Waals surface area contributed by atoms with Crippen LogP contribution < -0.4 is 5.56 Å². The lowest BCUT2D eigenvalue weighted by Gasteiger charge is -2.05. The molecule has 0 saturated carbocycles. The number of nitrogens with one attached hydrogen (secondary N) is 1. The predicted molar refractivity (Wildman–Crippen MR) is 91.0 cm³/mol. The standard InChI is InChI=1S/C15H12ClF3N4OS/c1-23-11(8-2-4-9(16)5-3-8)20-10-12(23)21-14(22-13(10)24)25-7-6-15(17,18)19/h2-5H,6-7H2,1H3,(H,21,22,24). The van der Waals surface area contributed by atoms with E-state index in [1.165, 1.54) is 0 Å². The number of H-pyrrole nitrogens is 1. The Morgan fingerprint density at radius 3 is 2.56 bits per heavy atom. The Balaban J connectivity index is 1.96. The van der Waals surface area contributed by atoms with Crippen LogP contribution in [0, 0.1) is 0 Å². The number of hydrogen-bond donors (Lipinski definition) is 1. The van der Waals surface area contributed by atoms with Gasteiger partial charge in [-0.15, -0.1) is 0 Å². The molecule has 0 unspecified atom stereocenters. The van der Waals surface area contributed by atoms with Crippen LogP contribution in [0.1, 0.15) is 6.42 Å². The number of imidazole rings is 1. The van der Waals surface area contributed by atoms with Crippen LogP contribution in [0.4, 0.5) is 13.2 Å². The minimum Gasteiger partial charge on any atom is -0.312 e. The third-order valence-electron chi connectivity index (χ3n) is 3.43. The summed E-state index contributed by atoms with van der Waals surface area (Å²) in [7, 11) is 1.69. The molecule has 0 fully saturated rings. The minimum absolute atomic E-state index is 0.132.